The zero-order chi connectivity index (χ0) is 22.5. The number of benzene rings is 2. The second kappa shape index (κ2) is 9.90. The highest BCUT2D eigenvalue weighted by molar-refractivity contribution is 6.32. The fourth-order valence-electron chi connectivity index (χ4n) is 3.19. The lowest BCUT2D eigenvalue weighted by atomic mass is 10.1. The molecule has 0 aliphatic rings. The van der Waals surface area contributed by atoms with Crippen LogP contribution in [-0.4, -0.2) is 29.9 Å². The van der Waals surface area contributed by atoms with E-state index in [4.69, 9.17) is 32.7 Å². The van der Waals surface area contributed by atoms with Crippen LogP contribution in [0.3, 0.4) is 0 Å². The first-order valence-corrected chi connectivity index (χ1v) is 10.3. The van der Waals surface area contributed by atoms with Crippen molar-refractivity contribution in [3.63, 3.8) is 0 Å². The van der Waals surface area contributed by atoms with Crippen LogP contribution in [0.1, 0.15) is 22.5 Å². The second-order valence-corrected chi connectivity index (χ2v) is 7.66. The van der Waals surface area contributed by atoms with Crippen LogP contribution >= 0.6 is 23.2 Å². The highest BCUT2D eigenvalue weighted by Gasteiger charge is 2.13. The molecule has 31 heavy (non-hydrogen) atoms. The molecule has 2 aromatic carbocycles. The number of nitrogens with zero attached hydrogens (tertiary/aromatic N) is 2. The number of methoxy groups -OCH3 is 2. The van der Waals surface area contributed by atoms with Gasteiger partial charge in [0.25, 0.3) is 0 Å². The van der Waals surface area contributed by atoms with Gasteiger partial charge in [-0.3, -0.25) is 9.48 Å². The largest absolute Gasteiger partial charge is 0.495 e. The van der Waals surface area contributed by atoms with Crippen LogP contribution < -0.4 is 14.8 Å². The van der Waals surface area contributed by atoms with Crippen LogP contribution in [-0.2, 0) is 11.3 Å². The van der Waals surface area contributed by atoms with Crippen molar-refractivity contribution in [2.45, 2.75) is 20.4 Å². The van der Waals surface area contributed by atoms with Gasteiger partial charge in [0.15, 0.2) is 0 Å². The summed E-state index contributed by atoms with van der Waals surface area (Å²) in [5.41, 5.74) is 4.06. The predicted octanol–water partition coefficient (Wildman–Crippen LogP) is 5.52. The summed E-state index contributed by atoms with van der Waals surface area (Å²) in [5, 5.41) is 8.44. The van der Waals surface area contributed by atoms with Gasteiger partial charge in [-0.15, -0.1) is 0 Å². The van der Waals surface area contributed by atoms with Gasteiger partial charge in [-0.1, -0.05) is 41.4 Å². The molecule has 1 amide bonds. The lowest BCUT2D eigenvalue weighted by Gasteiger charge is -2.12. The molecule has 0 atom stereocenters. The van der Waals surface area contributed by atoms with E-state index in [1.165, 1.54) is 20.3 Å². The van der Waals surface area contributed by atoms with Gasteiger partial charge in [0, 0.05) is 28.4 Å². The third kappa shape index (κ3) is 5.21. The van der Waals surface area contributed by atoms with Gasteiger partial charge in [0.1, 0.15) is 11.5 Å². The van der Waals surface area contributed by atoms with E-state index in [0.29, 0.717) is 33.8 Å². The Labute approximate surface area is 191 Å². The van der Waals surface area contributed by atoms with Crippen LogP contribution in [0.15, 0.2) is 42.5 Å². The van der Waals surface area contributed by atoms with Crippen LogP contribution in [0.2, 0.25) is 10.0 Å². The van der Waals surface area contributed by atoms with Crippen LogP contribution in [0, 0.1) is 13.8 Å². The van der Waals surface area contributed by atoms with Crippen LogP contribution in [0.4, 0.5) is 5.69 Å². The van der Waals surface area contributed by atoms with Gasteiger partial charge in [0.05, 0.1) is 37.2 Å². The Morgan fingerprint density at radius 1 is 1.10 bits per heavy atom. The van der Waals surface area contributed by atoms with E-state index in [0.717, 1.165) is 22.5 Å². The predicted molar refractivity (Wildman–Crippen MR) is 124 cm³/mol. The molecule has 0 fully saturated rings. The summed E-state index contributed by atoms with van der Waals surface area (Å²) in [5.74, 6) is 0.587. The summed E-state index contributed by atoms with van der Waals surface area (Å²) >= 11 is 12.4. The van der Waals surface area contributed by atoms with Crippen molar-refractivity contribution >= 4 is 40.9 Å². The average Bonchev–Trinajstić information content (AvgIpc) is 3.01. The molecule has 1 N–H and O–H groups in total. The molecule has 0 saturated heterocycles. The van der Waals surface area contributed by atoms with Crippen molar-refractivity contribution in [1.29, 1.82) is 0 Å². The number of hydrogen-bond donors (Lipinski definition) is 1. The standard InChI is InChI=1S/C23H23Cl2N3O3/c1-14-17(15(2)28(27-14)13-16-7-5-6-8-18(16)24)9-10-23(29)26-20-11-19(25)21(30-3)12-22(20)31-4/h5-12H,13H2,1-4H3,(H,26,29)/b10-9+. The topological polar surface area (TPSA) is 65.4 Å². The quantitative estimate of drug-likeness (QED) is 0.472. The Bertz CT molecular complexity index is 1140. The van der Waals surface area contributed by atoms with Gasteiger partial charge < -0.3 is 14.8 Å². The minimum Gasteiger partial charge on any atom is -0.495 e. The molecule has 1 aromatic heterocycles. The van der Waals surface area contributed by atoms with E-state index in [9.17, 15) is 4.79 Å². The monoisotopic (exact) mass is 459 g/mol. The average molecular weight is 460 g/mol. The van der Waals surface area contributed by atoms with Gasteiger partial charge in [-0.2, -0.15) is 5.10 Å². The molecule has 0 saturated carbocycles. The zero-order valence-corrected chi connectivity index (χ0v) is 19.2. The van der Waals surface area contributed by atoms with Gasteiger partial charge in [-0.25, -0.2) is 0 Å². The number of ether oxygens (including phenoxy) is 2. The maximum absolute atomic E-state index is 12.5. The Balaban J connectivity index is 1.78. The number of carbonyl (C=O) groups is 1. The minimum atomic E-state index is -0.322. The highest BCUT2D eigenvalue weighted by Crippen LogP contribution is 2.35. The molecule has 1 heterocycles. The summed E-state index contributed by atoms with van der Waals surface area (Å²) in [6.45, 7) is 4.41. The molecule has 0 bridgehead atoms. The molecular formula is C23H23Cl2N3O3. The van der Waals surface area contributed by atoms with Crippen molar-refractivity contribution in [3.05, 3.63) is 75.0 Å². The number of anilines is 1. The van der Waals surface area contributed by atoms with Crippen molar-refractivity contribution in [3.8, 4) is 11.5 Å². The molecule has 0 radical (unpaired) electrons. The molecule has 0 spiro atoms. The fourth-order valence-corrected chi connectivity index (χ4v) is 3.62. The summed E-state index contributed by atoms with van der Waals surface area (Å²) in [6.07, 6.45) is 3.20. The minimum absolute atomic E-state index is 0.322. The van der Waals surface area contributed by atoms with E-state index in [1.54, 1.807) is 18.2 Å². The summed E-state index contributed by atoms with van der Waals surface area (Å²) in [7, 11) is 3.02. The van der Waals surface area contributed by atoms with Crippen LogP contribution in [0.25, 0.3) is 6.08 Å². The third-order valence-electron chi connectivity index (χ3n) is 4.85. The van der Waals surface area contributed by atoms with E-state index in [-0.39, 0.29) is 5.91 Å². The van der Waals surface area contributed by atoms with Crippen LogP contribution in [0.5, 0.6) is 11.5 Å². The first-order chi connectivity index (χ1) is 14.8. The van der Waals surface area contributed by atoms with E-state index in [1.807, 2.05) is 42.8 Å². The van der Waals surface area contributed by atoms with Gasteiger partial charge in [0.2, 0.25) is 5.91 Å². The SMILES string of the molecule is COc1cc(OC)c(NC(=O)/C=C/c2c(C)nn(Cc3ccccc3Cl)c2C)cc1Cl. The number of aryl methyl sites for hydroxylation is 1. The smallest absolute Gasteiger partial charge is 0.248 e. The van der Waals surface area contributed by atoms with E-state index >= 15 is 0 Å². The molecule has 3 rings (SSSR count). The maximum Gasteiger partial charge on any atom is 0.248 e. The molecule has 6 nitrogen and oxygen atoms in total. The van der Waals surface area contributed by atoms with Gasteiger partial charge in [-0.05, 0) is 37.6 Å². The molecular weight excluding hydrogens is 437 g/mol. The molecule has 3 aromatic rings. The first-order valence-electron chi connectivity index (χ1n) is 9.52. The summed E-state index contributed by atoms with van der Waals surface area (Å²) < 4.78 is 12.4. The molecule has 162 valence electrons. The molecule has 0 unspecified atom stereocenters. The Kier molecular flexibility index (Phi) is 7.25. The number of hydrogen-bond acceptors (Lipinski definition) is 4. The van der Waals surface area contributed by atoms with Crippen molar-refractivity contribution < 1.29 is 14.3 Å². The van der Waals surface area contributed by atoms with E-state index < -0.39 is 0 Å². The Morgan fingerprint density at radius 3 is 2.48 bits per heavy atom. The second-order valence-electron chi connectivity index (χ2n) is 6.84. The first kappa shape index (κ1) is 22.7. The number of aromatic nitrogens is 2. The molecule has 8 heteroatoms. The number of rotatable bonds is 7. The molecule has 0 aliphatic carbocycles. The van der Waals surface area contributed by atoms with E-state index in [2.05, 4.69) is 10.4 Å². The zero-order valence-electron chi connectivity index (χ0n) is 17.7. The van der Waals surface area contributed by atoms with Gasteiger partial charge >= 0.3 is 0 Å². The lowest BCUT2D eigenvalue weighted by molar-refractivity contribution is -0.111. The number of amides is 1. The number of halogens is 2. The molecule has 0 aliphatic heterocycles. The number of nitrogens with one attached hydrogen (secondary N) is 1. The fraction of sp³-hybridized carbons (Fsp3) is 0.217. The maximum atomic E-state index is 12.5. The van der Waals surface area contributed by atoms with Crippen molar-refractivity contribution in [2.24, 2.45) is 0 Å². The van der Waals surface area contributed by atoms with Crippen molar-refractivity contribution in [2.75, 3.05) is 19.5 Å². The summed E-state index contributed by atoms with van der Waals surface area (Å²) in [4.78, 5) is 12.5. The Morgan fingerprint density at radius 2 is 1.81 bits per heavy atom. The number of carbonyl (C=O) groups excluding carboxylic acids is 1. The Hall–Kier alpha value is -2.96. The van der Waals surface area contributed by atoms with Crippen molar-refractivity contribution in [1.82, 2.24) is 9.78 Å². The normalized spacial score (nSPS) is 11.0. The highest BCUT2D eigenvalue weighted by atomic mass is 35.5. The summed E-state index contributed by atoms with van der Waals surface area (Å²) in [6, 6.07) is 10.9. The third-order valence-corrected chi connectivity index (χ3v) is 5.51. The lowest BCUT2D eigenvalue weighted by Crippen LogP contribution is -2.09.